The lowest BCUT2D eigenvalue weighted by Crippen LogP contribution is -2.36. The number of nitrogens with zero attached hydrogens (tertiary/aromatic N) is 2. The second kappa shape index (κ2) is 10.4. The molecule has 2 aliphatic heterocycles. The van der Waals surface area contributed by atoms with Crippen LogP contribution >= 0.6 is 12.4 Å². The third-order valence-electron chi connectivity index (χ3n) is 5.40. The first-order chi connectivity index (χ1) is 13.1. The van der Waals surface area contributed by atoms with Crippen LogP contribution in [0.2, 0.25) is 0 Å². The number of urea groups is 1. The van der Waals surface area contributed by atoms with Gasteiger partial charge in [0.15, 0.2) is 0 Å². The average Bonchev–Trinajstić information content (AvgIpc) is 2.95. The normalized spacial score (nSPS) is 20.2. The number of nitrogens with one attached hydrogen (secondary N) is 1. The molecule has 0 aromatic heterocycles. The van der Waals surface area contributed by atoms with Gasteiger partial charge in [-0.3, -0.25) is 19.4 Å². The molecule has 1 aromatic carbocycles. The van der Waals surface area contributed by atoms with Crippen molar-refractivity contribution in [2.45, 2.75) is 38.1 Å². The standard InChI is InChI=1S/C20H27N3O4.ClH/c1-27-18(24)8-7-17-19(25)22(14-11-15-9-12-21-13-10-15)20(26)23(17)16-5-3-2-4-6-16;/h2-6,15,17,21H,7-14H2,1H3;1H. The van der Waals surface area contributed by atoms with Crippen LogP contribution in [0.3, 0.4) is 0 Å². The predicted molar refractivity (Wildman–Crippen MR) is 109 cm³/mol. The molecule has 2 fully saturated rings. The first-order valence-corrected chi connectivity index (χ1v) is 9.59. The number of rotatable bonds is 7. The van der Waals surface area contributed by atoms with Gasteiger partial charge >= 0.3 is 12.0 Å². The number of imide groups is 1. The molecule has 2 heterocycles. The molecule has 0 spiro atoms. The number of para-hydroxylation sites is 1. The highest BCUT2D eigenvalue weighted by Gasteiger charge is 2.45. The van der Waals surface area contributed by atoms with E-state index in [0.717, 1.165) is 32.4 Å². The highest BCUT2D eigenvalue weighted by atomic mass is 35.5. The van der Waals surface area contributed by atoms with Crippen molar-refractivity contribution in [2.75, 3.05) is 31.6 Å². The Morgan fingerprint density at radius 2 is 1.82 bits per heavy atom. The van der Waals surface area contributed by atoms with Crippen molar-refractivity contribution < 1.29 is 19.1 Å². The van der Waals surface area contributed by atoms with Crippen molar-refractivity contribution in [3.8, 4) is 0 Å². The monoisotopic (exact) mass is 409 g/mol. The van der Waals surface area contributed by atoms with Gasteiger partial charge in [0.2, 0.25) is 0 Å². The zero-order valence-electron chi connectivity index (χ0n) is 16.1. The molecule has 1 atom stereocenters. The van der Waals surface area contributed by atoms with E-state index in [0.29, 0.717) is 18.2 Å². The second-order valence-corrected chi connectivity index (χ2v) is 7.09. The summed E-state index contributed by atoms with van der Waals surface area (Å²) in [5.74, 6) is -0.0655. The molecule has 2 aliphatic rings. The summed E-state index contributed by atoms with van der Waals surface area (Å²) in [5, 5.41) is 3.33. The van der Waals surface area contributed by atoms with Gasteiger partial charge in [0.25, 0.3) is 5.91 Å². The number of esters is 1. The van der Waals surface area contributed by atoms with E-state index in [9.17, 15) is 14.4 Å². The Hall–Kier alpha value is -2.12. The minimum Gasteiger partial charge on any atom is -0.469 e. The van der Waals surface area contributed by atoms with Crippen LogP contribution in [0.1, 0.15) is 32.1 Å². The zero-order chi connectivity index (χ0) is 19.2. The van der Waals surface area contributed by atoms with Gasteiger partial charge in [-0.2, -0.15) is 0 Å². The number of methoxy groups -OCH3 is 1. The van der Waals surface area contributed by atoms with Crippen LogP contribution in [-0.4, -0.2) is 55.6 Å². The Balaban J connectivity index is 0.00000280. The van der Waals surface area contributed by atoms with Gasteiger partial charge in [0, 0.05) is 18.7 Å². The van der Waals surface area contributed by atoms with E-state index in [1.165, 1.54) is 16.9 Å². The number of benzene rings is 1. The molecule has 8 heteroatoms. The smallest absolute Gasteiger partial charge is 0.331 e. The molecule has 154 valence electrons. The Kier molecular flexibility index (Phi) is 8.26. The first kappa shape index (κ1) is 22.2. The first-order valence-electron chi connectivity index (χ1n) is 9.59. The van der Waals surface area contributed by atoms with Crippen molar-refractivity contribution in [3.05, 3.63) is 30.3 Å². The van der Waals surface area contributed by atoms with Crippen LogP contribution in [0.15, 0.2) is 30.3 Å². The molecule has 0 bridgehead atoms. The summed E-state index contributed by atoms with van der Waals surface area (Å²) < 4.78 is 4.69. The van der Waals surface area contributed by atoms with E-state index in [2.05, 4.69) is 5.32 Å². The summed E-state index contributed by atoms with van der Waals surface area (Å²) >= 11 is 0. The van der Waals surface area contributed by atoms with Crippen LogP contribution in [0.5, 0.6) is 0 Å². The van der Waals surface area contributed by atoms with Gasteiger partial charge in [0.05, 0.1) is 7.11 Å². The summed E-state index contributed by atoms with van der Waals surface area (Å²) in [6.07, 6.45) is 3.34. The van der Waals surface area contributed by atoms with Crippen LogP contribution in [0, 0.1) is 5.92 Å². The number of hydrogen-bond donors (Lipinski definition) is 1. The highest BCUT2D eigenvalue weighted by molar-refractivity contribution is 6.14. The van der Waals surface area contributed by atoms with Crippen molar-refractivity contribution >= 4 is 36.0 Å². The van der Waals surface area contributed by atoms with Crippen molar-refractivity contribution in [3.63, 3.8) is 0 Å². The number of ether oxygens (including phenoxy) is 1. The van der Waals surface area contributed by atoms with Gasteiger partial charge in [-0.1, -0.05) is 18.2 Å². The molecule has 1 N–H and O–H groups in total. The number of piperidine rings is 1. The SMILES string of the molecule is COC(=O)CCC1C(=O)N(CCC2CCNCC2)C(=O)N1c1ccccc1.Cl. The molecular formula is C20H28ClN3O4. The average molecular weight is 410 g/mol. The number of anilines is 1. The Labute approximate surface area is 171 Å². The van der Waals surface area contributed by atoms with Gasteiger partial charge in [-0.05, 0) is 56.8 Å². The van der Waals surface area contributed by atoms with E-state index in [-0.39, 0.29) is 43.2 Å². The lowest BCUT2D eigenvalue weighted by molar-refractivity contribution is -0.140. The minimum absolute atomic E-state index is 0. The van der Waals surface area contributed by atoms with Crippen LogP contribution < -0.4 is 10.2 Å². The van der Waals surface area contributed by atoms with Gasteiger partial charge in [-0.25, -0.2) is 4.79 Å². The van der Waals surface area contributed by atoms with Crippen molar-refractivity contribution in [1.82, 2.24) is 10.2 Å². The quantitative estimate of drug-likeness (QED) is 0.553. The second-order valence-electron chi connectivity index (χ2n) is 7.09. The highest BCUT2D eigenvalue weighted by Crippen LogP contribution is 2.29. The zero-order valence-corrected chi connectivity index (χ0v) is 17.0. The molecule has 1 unspecified atom stereocenters. The molecule has 28 heavy (non-hydrogen) atoms. The fourth-order valence-corrected chi connectivity index (χ4v) is 3.82. The fraction of sp³-hybridized carbons (Fsp3) is 0.550. The molecule has 0 saturated carbocycles. The van der Waals surface area contributed by atoms with Crippen LogP contribution in [-0.2, 0) is 14.3 Å². The van der Waals surface area contributed by atoms with Crippen LogP contribution in [0.4, 0.5) is 10.5 Å². The Bertz CT molecular complexity index is 679. The maximum atomic E-state index is 13.0. The molecule has 2 saturated heterocycles. The molecular weight excluding hydrogens is 382 g/mol. The van der Waals surface area contributed by atoms with Crippen molar-refractivity contribution in [1.29, 1.82) is 0 Å². The summed E-state index contributed by atoms with van der Waals surface area (Å²) in [6, 6.07) is 8.20. The molecule has 3 rings (SSSR count). The van der Waals surface area contributed by atoms with E-state index in [4.69, 9.17) is 4.74 Å². The van der Waals surface area contributed by atoms with E-state index < -0.39 is 6.04 Å². The molecule has 1 aromatic rings. The van der Waals surface area contributed by atoms with Crippen LogP contribution in [0.25, 0.3) is 0 Å². The predicted octanol–water partition coefficient (Wildman–Crippen LogP) is 2.59. The summed E-state index contributed by atoms with van der Waals surface area (Å²) in [7, 11) is 1.32. The summed E-state index contributed by atoms with van der Waals surface area (Å²) in [4.78, 5) is 40.4. The lowest BCUT2D eigenvalue weighted by atomic mass is 9.94. The number of hydrogen-bond acceptors (Lipinski definition) is 5. The topological polar surface area (TPSA) is 79.0 Å². The lowest BCUT2D eigenvalue weighted by Gasteiger charge is -2.24. The summed E-state index contributed by atoms with van der Waals surface area (Å²) in [5.41, 5.74) is 0.676. The van der Waals surface area contributed by atoms with Gasteiger partial charge in [0.1, 0.15) is 6.04 Å². The third kappa shape index (κ3) is 5.02. The van der Waals surface area contributed by atoms with Gasteiger partial charge < -0.3 is 10.1 Å². The number of carbonyl (C=O) groups excluding carboxylic acids is 3. The van der Waals surface area contributed by atoms with E-state index >= 15 is 0 Å². The van der Waals surface area contributed by atoms with Crippen molar-refractivity contribution in [2.24, 2.45) is 5.92 Å². The molecule has 0 aliphatic carbocycles. The molecule has 3 amide bonds. The maximum Gasteiger partial charge on any atom is 0.331 e. The fourth-order valence-electron chi connectivity index (χ4n) is 3.82. The molecule has 0 radical (unpaired) electrons. The molecule has 7 nitrogen and oxygen atoms in total. The van der Waals surface area contributed by atoms with E-state index in [1.54, 1.807) is 0 Å². The van der Waals surface area contributed by atoms with E-state index in [1.807, 2.05) is 30.3 Å². The largest absolute Gasteiger partial charge is 0.469 e. The number of halogens is 1. The number of carbonyl (C=O) groups is 3. The summed E-state index contributed by atoms with van der Waals surface area (Å²) in [6.45, 7) is 2.41. The minimum atomic E-state index is -0.660. The third-order valence-corrected chi connectivity index (χ3v) is 5.40. The number of amides is 3. The maximum absolute atomic E-state index is 13.0. The Morgan fingerprint density at radius 3 is 2.46 bits per heavy atom. The van der Waals surface area contributed by atoms with Gasteiger partial charge in [-0.15, -0.1) is 12.4 Å². The Morgan fingerprint density at radius 1 is 1.14 bits per heavy atom.